The maximum Gasteiger partial charge on any atom is 0.321 e. The highest BCUT2D eigenvalue weighted by Gasteiger charge is 2.47. The Morgan fingerprint density at radius 2 is 2.09 bits per heavy atom. The summed E-state index contributed by atoms with van der Waals surface area (Å²) in [6, 6.07) is 3.06. The first-order valence-electron chi connectivity index (χ1n) is 11.5. The molecule has 2 fully saturated rings. The Hall–Kier alpha value is -3.54. The molecule has 0 spiro atoms. The summed E-state index contributed by atoms with van der Waals surface area (Å²) in [5.41, 5.74) is 0.748. The van der Waals surface area contributed by atoms with Crippen molar-refractivity contribution in [2.45, 2.75) is 57.8 Å². The van der Waals surface area contributed by atoms with Crippen molar-refractivity contribution in [3.05, 3.63) is 45.4 Å². The van der Waals surface area contributed by atoms with Gasteiger partial charge in [-0.1, -0.05) is 0 Å². The van der Waals surface area contributed by atoms with Gasteiger partial charge in [0, 0.05) is 36.8 Å². The van der Waals surface area contributed by atoms with Crippen molar-refractivity contribution in [1.82, 2.24) is 29.9 Å². The van der Waals surface area contributed by atoms with Gasteiger partial charge in [-0.2, -0.15) is 5.10 Å². The zero-order valence-corrected chi connectivity index (χ0v) is 19.4. The first-order chi connectivity index (χ1) is 16.2. The number of H-pyrrole nitrogens is 1. The number of carbonyl (C=O) groups excluding carboxylic acids is 2. The van der Waals surface area contributed by atoms with Crippen molar-refractivity contribution in [3.8, 4) is 0 Å². The lowest BCUT2D eigenvalue weighted by atomic mass is 10.0. The minimum Gasteiger partial charge on any atom is -0.319 e. The van der Waals surface area contributed by atoms with E-state index < -0.39 is 16.4 Å². The van der Waals surface area contributed by atoms with Gasteiger partial charge < -0.3 is 15.1 Å². The third-order valence-corrected chi connectivity index (χ3v) is 7.31. The van der Waals surface area contributed by atoms with Crippen LogP contribution in [-0.2, 0) is 12.1 Å². The van der Waals surface area contributed by atoms with Gasteiger partial charge in [-0.25, -0.2) is 9.78 Å². The van der Waals surface area contributed by atoms with Crippen LogP contribution in [0.3, 0.4) is 0 Å². The largest absolute Gasteiger partial charge is 0.321 e. The molecule has 5 rings (SSSR count). The minimum atomic E-state index is -0.624. The van der Waals surface area contributed by atoms with Crippen LogP contribution < -0.4 is 5.32 Å². The van der Waals surface area contributed by atoms with Gasteiger partial charge in [-0.15, -0.1) is 0 Å². The monoisotopic (exact) mass is 468 g/mol. The molecular weight excluding hydrogens is 440 g/mol. The molecule has 0 saturated carbocycles. The van der Waals surface area contributed by atoms with E-state index in [1.54, 1.807) is 0 Å². The summed E-state index contributed by atoms with van der Waals surface area (Å²) in [6.45, 7) is 9.08. The number of aromatic nitrogens is 3. The predicted octanol–water partition coefficient (Wildman–Crippen LogP) is 2.30. The van der Waals surface area contributed by atoms with E-state index in [0.717, 1.165) is 43.5 Å². The zero-order valence-electron chi connectivity index (χ0n) is 19.4. The van der Waals surface area contributed by atoms with Crippen LogP contribution in [0.2, 0.25) is 0 Å². The summed E-state index contributed by atoms with van der Waals surface area (Å²) < 4.78 is 0. The fourth-order valence-corrected chi connectivity index (χ4v) is 5.33. The standard InChI is InChI=1S/C22H28N8O4/c1-13-10-27-8-4-5-15(27)11-28(13)21(32)29-12-16-18(22(29,2)3)25-26-19(16)24-20(31)17-7-6-14(9-23-17)30(33)34/h6-7,9,13,15H,4-5,8,10-12H2,1-3H3,(H2,24,25,26,31)/t13-,15-/m0/s1. The highest BCUT2D eigenvalue weighted by Crippen LogP contribution is 2.41. The Balaban J connectivity index is 1.33. The molecule has 0 unspecified atom stereocenters. The molecule has 3 aliphatic heterocycles. The van der Waals surface area contributed by atoms with Crippen molar-refractivity contribution in [1.29, 1.82) is 0 Å². The number of hydrogen-bond acceptors (Lipinski definition) is 7. The number of anilines is 1. The van der Waals surface area contributed by atoms with Crippen LogP contribution in [-0.4, -0.2) is 78.5 Å². The third-order valence-electron chi connectivity index (χ3n) is 7.31. The Morgan fingerprint density at radius 1 is 1.29 bits per heavy atom. The molecule has 180 valence electrons. The summed E-state index contributed by atoms with van der Waals surface area (Å²) in [4.78, 5) is 46.8. The average molecular weight is 469 g/mol. The molecule has 2 aromatic rings. The molecule has 2 saturated heterocycles. The smallest absolute Gasteiger partial charge is 0.319 e. The lowest BCUT2D eigenvalue weighted by Gasteiger charge is -2.45. The third kappa shape index (κ3) is 3.58. The second-order valence-corrected chi connectivity index (χ2v) is 9.76. The van der Waals surface area contributed by atoms with Gasteiger partial charge in [0.05, 0.1) is 22.7 Å². The maximum absolute atomic E-state index is 13.7. The first-order valence-corrected chi connectivity index (χ1v) is 11.5. The number of rotatable bonds is 3. The van der Waals surface area contributed by atoms with Crippen molar-refractivity contribution >= 4 is 23.4 Å². The Labute approximate surface area is 196 Å². The quantitative estimate of drug-likeness (QED) is 0.520. The molecule has 0 radical (unpaired) electrons. The fourth-order valence-electron chi connectivity index (χ4n) is 5.33. The summed E-state index contributed by atoms with van der Waals surface area (Å²) >= 11 is 0. The van der Waals surface area contributed by atoms with Crippen molar-refractivity contribution in [2.24, 2.45) is 0 Å². The molecule has 0 aromatic carbocycles. The van der Waals surface area contributed by atoms with Gasteiger partial charge in [0.2, 0.25) is 0 Å². The number of nitro groups is 1. The zero-order chi connectivity index (χ0) is 24.2. The summed E-state index contributed by atoms with van der Waals surface area (Å²) in [5, 5.41) is 20.8. The van der Waals surface area contributed by atoms with E-state index in [0.29, 0.717) is 18.4 Å². The number of urea groups is 1. The van der Waals surface area contributed by atoms with Crippen molar-refractivity contribution < 1.29 is 14.5 Å². The molecule has 5 heterocycles. The van der Waals surface area contributed by atoms with Gasteiger partial charge in [-0.3, -0.25) is 24.9 Å². The number of pyridine rings is 1. The second kappa shape index (κ2) is 8.05. The number of fused-ring (bicyclic) bond motifs is 2. The number of piperazine rings is 1. The number of aromatic amines is 1. The van der Waals surface area contributed by atoms with E-state index >= 15 is 0 Å². The van der Waals surface area contributed by atoms with Gasteiger partial charge in [-0.05, 0) is 46.2 Å². The predicted molar refractivity (Wildman–Crippen MR) is 122 cm³/mol. The number of nitrogens with one attached hydrogen (secondary N) is 2. The Kier molecular flexibility index (Phi) is 5.27. The van der Waals surface area contributed by atoms with E-state index in [4.69, 9.17) is 0 Å². The molecule has 2 N–H and O–H groups in total. The summed E-state index contributed by atoms with van der Waals surface area (Å²) in [5.74, 6) is -0.199. The topological polar surface area (TPSA) is 141 Å². The second-order valence-electron chi connectivity index (χ2n) is 9.76. The minimum absolute atomic E-state index is 0.0111. The van der Waals surface area contributed by atoms with Crippen molar-refractivity contribution in [3.63, 3.8) is 0 Å². The number of hydrogen-bond donors (Lipinski definition) is 2. The molecule has 3 amide bonds. The molecule has 2 atom stereocenters. The lowest BCUT2D eigenvalue weighted by Crippen LogP contribution is -2.60. The normalized spacial score (nSPS) is 23.5. The molecule has 3 aliphatic rings. The van der Waals surface area contributed by atoms with Crippen LogP contribution in [0.1, 0.15) is 55.4 Å². The van der Waals surface area contributed by atoms with E-state index in [-0.39, 0.29) is 23.5 Å². The van der Waals surface area contributed by atoms with Crippen LogP contribution in [0.5, 0.6) is 0 Å². The highest BCUT2D eigenvalue weighted by atomic mass is 16.6. The number of carbonyl (C=O) groups is 2. The summed E-state index contributed by atoms with van der Waals surface area (Å²) in [7, 11) is 0. The van der Waals surface area contributed by atoms with E-state index in [2.05, 4.69) is 32.3 Å². The van der Waals surface area contributed by atoms with Gasteiger partial charge in [0.15, 0.2) is 5.82 Å². The molecule has 0 bridgehead atoms. The fraction of sp³-hybridized carbons (Fsp3) is 0.545. The van der Waals surface area contributed by atoms with E-state index in [1.807, 2.05) is 23.6 Å². The lowest BCUT2D eigenvalue weighted by molar-refractivity contribution is -0.385. The molecule has 12 nitrogen and oxygen atoms in total. The van der Waals surface area contributed by atoms with Crippen LogP contribution in [0.4, 0.5) is 16.3 Å². The Bertz CT molecular complexity index is 1140. The molecule has 34 heavy (non-hydrogen) atoms. The van der Waals surface area contributed by atoms with Crippen LogP contribution in [0.25, 0.3) is 0 Å². The molecule has 0 aliphatic carbocycles. The average Bonchev–Trinajstić information content (AvgIpc) is 3.48. The Morgan fingerprint density at radius 3 is 2.79 bits per heavy atom. The van der Waals surface area contributed by atoms with Gasteiger partial charge in [0.25, 0.3) is 11.6 Å². The van der Waals surface area contributed by atoms with Gasteiger partial charge >= 0.3 is 6.03 Å². The van der Waals surface area contributed by atoms with Crippen LogP contribution >= 0.6 is 0 Å². The number of nitrogens with zero attached hydrogens (tertiary/aromatic N) is 6. The first kappa shape index (κ1) is 22.3. The molecule has 12 heteroatoms. The summed E-state index contributed by atoms with van der Waals surface area (Å²) in [6.07, 6.45) is 3.34. The number of amides is 3. The van der Waals surface area contributed by atoms with Gasteiger partial charge in [0.1, 0.15) is 11.9 Å². The van der Waals surface area contributed by atoms with Crippen molar-refractivity contribution in [2.75, 3.05) is 25.0 Å². The highest BCUT2D eigenvalue weighted by molar-refractivity contribution is 6.03. The molecule has 2 aromatic heterocycles. The van der Waals surface area contributed by atoms with Crippen LogP contribution in [0.15, 0.2) is 18.3 Å². The maximum atomic E-state index is 13.7. The SMILES string of the molecule is C[C@H]1CN2CCC[C@H]2CN1C(=O)N1Cc2c(NC(=O)c3ccc([N+](=O)[O-])cn3)n[nH]c2C1(C)C. The van der Waals surface area contributed by atoms with E-state index in [9.17, 15) is 19.7 Å². The van der Waals surface area contributed by atoms with E-state index in [1.165, 1.54) is 18.6 Å². The molecular formula is C22H28N8O4. The van der Waals surface area contributed by atoms with Crippen LogP contribution in [0, 0.1) is 10.1 Å².